The summed E-state index contributed by atoms with van der Waals surface area (Å²) in [7, 11) is 0. The lowest BCUT2D eigenvalue weighted by molar-refractivity contribution is 0.0951. The number of nitrogens with zero attached hydrogens (tertiary/aromatic N) is 1. The molecule has 0 saturated heterocycles. The van der Waals surface area contributed by atoms with Crippen molar-refractivity contribution in [3.63, 3.8) is 0 Å². The standard InChI is InChI=1S/C19H24N2O2/c1-11-8-15-12-6-7-13(9-12)16(15)10-17(11)20-21-19(23)14-4-2-3-5-18(14)22/h2-5,11-13,15-16,22H,6-10H2,1H3,(H,21,23)/b20-17+/t11-,12+,13-,15+,16-/m0/s1. The molecule has 3 aliphatic rings. The minimum absolute atomic E-state index is 0.00457. The number of nitrogens with one attached hydrogen (secondary N) is 1. The fraction of sp³-hybridized carbons (Fsp3) is 0.579. The van der Waals surface area contributed by atoms with Crippen LogP contribution in [0, 0.1) is 29.6 Å². The molecule has 0 spiro atoms. The molecule has 0 heterocycles. The van der Waals surface area contributed by atoms with Crippen molar-refractivity contribution in [1.82, 2.24) is 5.43 Å². The summed E-state index contributed by atoms with van der Waals surface area (Å²) in [6, 6.07) is 6.58. The molecule has 2 N–H and O–H groups in total. The zero-order valence-electron chi connectivity index (χ0n) is 13.5. The predicted molar refractivity (Wildman–Crippen MR) is 89.2 cm³/mol. The van der Waals surface area contributed by atoms with Gasteiger partial charge in [-0.15, -0.1) is 0 Å². The molecule has 0 unspecified atom stereocenters. The minimum atomic E-state index is -0.335. The van der Waals surface area contributed by atoms with Gasteiger partial charge in [0.25, 0.3) is 5.91 Å². The van der Waals surface area contributed by atoms with E-state index >= 15 is 0 Å². The second-order valence-corrected chi connectivity index (χ2v) is 7.56. The number of aromatic hydroxyl groups is 1. The fourth-order valence-corrected chi connectivity index (χ4v) is 5.21. The normalized spacial score (nSPS) is 36.9. The molecule has 3 aliphatic carbocycles. The molecule has 5 atom stereocenters. The van der Waals surface area contributed by atoms with E-state index < -0.39 is 0 Å². The van der Waals surface area contributed by atoms with Gasteiger partial charge in [-0.3, -0.25) is 4.79 Å². The first kappa shape index (κ1) is 14.7. The first-order valence-corrected chi connectivity index (χ1v) is 8.78. The molecule has 3 fully saturated rings. The minimum Gasteiger partial charge on any atom is -0.507 e. The van der Waals surface area contributed by atoms with Gasteiger partial charge < -0.3 is 5.11 Å². The average molecular weight is 312 g/mol. The summed E-state index contributed by atoms with van der Waals surface area (Å²) < 4.78 is 0. The van der Waals surface area contributed by atoms with Crippen LogP contribution < -0.4 is 5.43 Å². The molecule has 0 aromatic heterocycles. The Morgan fingerprint density at radius 3 is 2.70 bits per heavy atom. The molecular formula is C19H24N2O2. The maximum atomic E-state index is 12.2. The lowest BCUT2D eigenvalue weighted by Crippen LogP contribution is -2.36. The van der Waals surface area contributed by atoms with Gasteiger partial charge in [-0.25, -0.2) is 5.43 Å². The molecule has 1 aromatic carbocycles. The number of hydrogen-bond acceptors (Lipinski definition) is 3. The van der Waals surface area contributed by atoms with E-state index in [2.05, 4.69) is 17.5 Å². The van der Waals surface area contributed by atoms with Crippen molar-refractivity contribution < 1.29 is 9.90 Å². The van der Waals surface area contributed by atoms with Gasteiger partial charge in [0.05, 0.1) is 5.56 Å². The van der Waals surface area contributed by atoms with Crippen LogP contribution in [0.3, 0.4) is 0 Å². The highest BCUT2D eigenvalue weighted by atomic mass is 16.3. The zero-order chi connectivity index (χ0) is 16.0. The third kappa shape index (κ3) is 2.54. The molecular weight excluding hydrogens is 288 g/mol. The smallest absolute Gasteiger partial charge is 0.275 e. The molecule has 2 bridgehead atoms. The highest BCUT2D eigenvalue weighted by molar-refractivity contribution is 5.98. The van der Waals surface area contributed by atoms with Crippen LogP contribution in [-0.2, 0) is 0 Å². The number of phenolic OH excluding ortho intramolecular Hbond substituents is 1. The number of para-hydroxylation sites is 1. The van der Waals surface area contributed by atoms with Gasteiger partial charge >= 0.3 is 0 Å². The number of hydrazone groups is 1. The van der Waals surface area contributed by atoms with Gasteiger partial charge in [-0.1, -0.05) is 19.1 Å². The van der Waals surface area contributed by atoms with Crippen LogP contribution in [0.2, 0.25) is 0 Å². The summed E-state index contributed by atoms with van der Waals surface area (Å²) in [4.78, 5) is 12.2. The van der Waals surface area contributed by atoms with Gasteiger partial charge in [0.1, 0.15) is 5.75 Å². The number of fused-ring (bicyclic) bond motifs is 5. The first-order valence-electron chi connectivity index (χ1n) is 8.78. The molecule has 0 aliphatic heterocycles. The predicted octanol–water partition coefficient (Wildman–Crippen LogP) is 3.57. The fourth-order valence-electron chi connectivity index (χ4n) is 5.21. The Morgan fingerprint density at radius 2 is 1.91 bits per heavy atom. The number of phenols is 1. The number of carbonyl (C=O) groups excluding carboxylic acids is 1. The van der Waals surface area contributed by atoms with Crippen LogP contribution in [0.15, 0.2) is 29.4 Å². The number of carbonyl (C=O) groups is 1. The Labute approximate surface area is 137 Å². The van der Waals surface area contributed by atoms with Crippen LogP contribution >= 0.6 is 0 Å². The lowest BCUT2D eigenvalue weighted by Gasteiger charge is -2.38. The number of hydrogen-bond donors (Lipinski definition) is 2. The Morgan fingerprint density at radius 1 is 1.17 bits per heavy atom. The van der Waals surface area contributed by atoms with Gasteiger partial charge in [0, 0.05) is 5.71 Å². The van der Waals surface area contributed by atoms with Gasteiger partial charge in [-0.05, 0) is 73.8 Å². The lowest BCUT2D eigenvalue weighted by atomic mass is 9.67. The second-order valence-electron chi connectivity index (χ2n) is 7.56. The summed E-state index contributed by atoms with van der Waals surface area (Å²) in [6.45, 7) is 2.23. The summed E-state index contributed by atoms with van der Waals surface area (Å²) in [5.74, 6) is 3.61. The molecule has 3 saturated carbocycles. The van der Waals surface area contributed by atoms with E-state index in [0.717, 1.165) is 35.8 Å². The Bertz CT molecular complexity index is 655. The van der Waals surface area contributed by atoms with Crippen molar-refractivity contribution in [3.8, 4) is 5.75 Å². The largest absolute Gasteiger partial charge is 0.507 e. The van der Waals surface area contributed by atoms with Crippen molar-refractivity contribution in [2.24, 2.45) is 34.7 Å². The third-order valence-electron chi connectivity index (χ3n) is 6.36. The molecule has 23 heavy (non-hydrogen) atoms. The highest BCUT2D eigenvalue weighted by Gasteiger charge is 2.50. The molecule has 1 amide bonds. The van der Waals surface area contributed by atoms with E-state index in [0.29, 0.717) is 5.92 Å². The van der Waals surface area contributed by atoms with Crippen LogP contribution in [0.25, 0.3) is 0 Å². The molecule has 0 radical (unpaired) electrons. The second kappa shape index (κ2) is 5.66. The van der Waals surface area contributed by atoms with Crippen molar-refractivity contribution in [1.29, 1.82) is 0 Å². The molecule has 4 nitrogen and oxygen atoms in total. The Balaban J connectivity index is 1.46. The topological polar surface area (TPSA) is 61.7 Å². The van der Waals surface area contributed by atoms with E-state index in [4.69, 9.17) is 0 Å². The molecule has 4 rings (SSSR count). The maximum Gasteiger partial charge on any atom is 0.275 e. The van der Waals surface area contributed by atoms with Gasteiger partial charge in [0.15, 0.2) is 0 Å². The molecule has 4 heteroatoms. The zero-order valence-corrected chi connectivity index (χ0v) is 13.5. The van der Waals surface area contributed by atoms with Crippen molar-refractivity contribution in [2.75, 3.05) is 0 Å². The molecule has 122 valence electrons. The first-order chi connectivity index (χ1) is 11.1. The Hall–Kier alpha value is -1.84. The van der Waals surface area contributed by atoms with Crippen molar-refractivity contribution >= 4 is 11.6 Å². The van der Waals surface area contributed by atoms with Crippen LogP contribution in [0.1, 0.15) is 49.4 Å². The molecule has 1 aromatic rings. The van der Waals surface area contributed by atoms with Crippen LogP contribution in [-0.4, -0.2) is 16.7 Å². The number of amides is 1. The van der Waals surface area contributed by atoms with E-state index in [1.807, 2.05) is 0 Å². The quantitative estimate of drug-likeness (QED) is 0.820. The summed E-state index contributed by atoms with van der Waals surface area (Å²) >= 11 is 0. The van der Waals surface area contributed by atoms with Gasteiger partial charge in [0.2, 0.25) is 0 Å². The Kier molecular flexibility index (Phi) is 3.63. The highest BCUT2D eigenvalue weighted by Crippen LogP contribution is 2.57. The van der Waals surface area contributed by atoms with E-state index in [9.17, 15) is 9.90 Å². The van der Waals surface area contributed by atoms with E-state index in [1.165, 1.54) is 31.7 Å². The number of rotatable bonds is 2. The SMILES string of the molecule is C[C@H]1C[C@@H]2[C@@H]3CC[C@@H](C3)[C@@H]2C/C1=N\NC(=O)c1ccccc1O. The summed E-state index contributed by atoms with van der Waals surface area (Å²) in [6.07, 6.45) is 6.48. The monoisotopic (exact) mass is 312 g/mol. The van der Waals surface area contributed by atoms with Crippen LogP contribution in [0.5, 0.6) is 5.75 Å². The van der Waals surface area contributed by atoms with Crippen molar-refractivity contribution in [2.45, 2.75) is 39.0 Å². The van der Waals surface area contributed by atoms with E-state index in [-0.39, 0.29) is 17.2 Å². The number of benzene rings is 1. The average Bonchev–Trinajstić information content (AvgIpc) is 3.14. The maximum absolute atomic E-state index is 12.2. The summed E-state index contributed by atoms with van der Waals surface area (Å²) in [5, 5.41) is 14.2. The van der Waals surface area contributed by atoms with Crippen molar-refractivity contribution in [3.05, 3.63) is 29.8 Å². The van der Waals surface area contributed by atoms with Crippen LogP contribution in [0.4, 0.5) is 0 Å². The van der Waals surface area contributed by atoms with E-state index in [1.54, 1.807) is 18.2 Å². The van der Waals surface area contributed by atoms with Gasteiger partial charge in [-0.2, -0.15) is 5.10 Å². The third-order valence-corrected chi connectivity index (χ3v) is 6.36. The summed E-state index contributed by atoms with van der Waals surface area (Å²) in [5.41, 5.74) is 4.06.